The van der Waals surface area contributed by atoms with E-state index < -0.39 is 10.0 Å². The summed E-state index contributed by atoms with van der Waals surface area (Å²) < 4.78 is 26.0. The maximum absolute atomic E-state index is 14.1. The first kappa shape index (κ1) is 36.9. The largest absolute Gasteiger partial charge is 0.353 e. The second-order valence-electron chi connectivity index (χ2n) is 13.9. The second-order valence-corrected chi connectivity index (χ2v) is 15.7. The lowest BCUT2D eigenvalue weighted by atomic mass is 9.91. The number of amides is 2. The molecule has 1 heterocycles. The van der Waals surface area contributed by atoms with Gasteiger partial charge < -0.3 is 16.0 Å². The molecule has 0 aliphatic carbocycles. The second kappa shape index (κ2) is 15.5. The molecule has 0 spiro atoms. The number of fused-ring (bicyclic) bond motifs is 2. The SMILES string of the molecule is Cc1ccc(NS(C)(=O)=O)cc1C(=O)N[C@H](C)c1cccc2cc(C[C@@H](NC(=O)c3cc(Nc4cn[nH]c4)ccc3C)c3cccc4ccccc34)ccc12. The molecule has 11 heteroatoms. The molecule has 0 aliphatic rings. The van der Waals surface area contributed by atoms with Gasteiger partial charge in [0.25, 0.3) is 11.8 Å². The van der Waals surface area contributed by atoms with E-state index in [0.29, 0.717) is 23.2 Å². The fourth-order valence-corrected chi connectivity index (χ4v) is 7.61. The van der Waals surface area contributed by atoms with Gasteiger partial charge in [0.15, 0.2) is 0 Å². The Hall–Kier alpha value is -6.46. The van der Waals surface area contributed by atoms with E-state index in [2.05, 4.69) is 79.4 Å². The van der Waals surface area contributed by atoms with Crippen molar-refractivity contribution in [2.24, 2.45) is 0 Å². The monoisotopic (exact) mass is 750 g/mol. The summed E-state index contributed by atoms with van der Waals surface area (Å²) in [6, 6.07) is 36.6. The highest BCUT2D eigenvalue weighted by Gasteiger charge is 2.22. The molecule has 0 aliphatic heterocycles. The maximum atomic E-state index is 14.1. The van der Waals surface area contributed by atoms with Gasteiger partial charge in [-0.1, -0.05) is 91.0 Å². The minimum atomic E-state index is -3.50. The number of hydrogen-bond donors (Lipinski definition) is 5. The zero-order valence-corrected chi connectivity index (χ0v) is 31.8. The lowest BCUT2D eigenvalue weighted by Gasteiger charge is -2.23. The van der Waals surface area contributed by atoms with Gasteiger partial charge >= 0.3 is 0 Å². The predicted octanol–water partition coefficient (Wildman–Crippen LogP) is 8.65. The molecule has 0 fully saturated rings. The van der Waals surface area contributed by atoms with Crippen LogP contribution in [0, 0.1) is 13.8 Å². The van der Waals surface area contributed by atoms with Crippen LogP contribution in [0.25, 0.3) is 21.5 Å². The Balaban J connectivity index is 1.17. The molecule has 7 aromatic rings. The van der Waals surface area contributed by atoms with Crippen molar-refractivity contribution in [1.29, 1.82) is 0 Å². The number of aromatic nitrogens is 2. The zero-order chi connectivity index (χ0) is 38.7. The maximum Gasteiger partial charge on any atom is 0.252 e. The summed E-state index contributed by atoms with van der Waals surface area (Å²) in [5.41, 5.74) is 7.46. The number of hydrogen-bond acceptors (Lipinski definition) is 6. The fraction of sp³-hybridized carbons (Fsp3) is 0.159. The summed E-state index contributed by atoms with van der Waals surface area (Å²) in [6.45, 7) is 5.68. The summed E-state index contributed by atoms with van der Waals surface area (Å²) in [5.74, 6) is -0.478. The van der Waals surface area contributed by atoms with Crippen LogP contribution >= 0.6 is 0 Å². The van der Waals surface area contributed by atoms with Crippen LogP contribution in [-0.2, 0) is 16.4 Å². The molecule has 6 aromatic carbocycles. The lowest BCUT2D eigenvalue weighted by Crippen LogP contribution is -2.30. The molecule has 0 bridgehead atoms. The minimum absolute atomic E-state index is 0.174. The molecule has 7 rings (SSSR count). The third kappa shape index (κ3) is 8.53. The smallest absolute Gasteiger partial charge is 0.252 e. The van der Waals surface area contributed by atoms with Crippen molar-refractivity contribution in [2.45, 2.75) is 39.3 Å². The molecule has 1 aromatic heterocycles. The standard InChI is InChI=1S/C44H42N6O4S/c1-27-15-18-33(48-35-25-45-46-26-35)23-40(27)44(52)49-42(39-14-7-10-31-9-5-6-12-37(31)39)22-30-17-20-38-32(21-30)11-8-13-36(38)29(3)47-43(51)41-24-34(19-16-28(41)2)50-55(4,53)54/h5-21,23-26,29,42,48,50H,22H2,1-4H3,(H,45,46)(H,47,51)(H,49,52)/t29-,42-/m1/s1. The van der Waals surface area contributed by atoms with Gasteiger partial charge in [0.2, 0.25) is 10.0 Å². The van der Waals surface area contributed by atoms with Gasteiger partial charge in [-0.2, -0.15) is 5.10 Å². The Labute approximate surface area is 320 Å². The highest BCUT2D eigenvalue weighted by atomic mass is 32.2. The van der Waals surface area contributed by atoms with Crippen molar-refractivity contribution in [2.75, 3.05) is 16.3 Å². The first-order valence-electron chi connectivity index (χ1n) is 18.0. The summed E-state index contributed by atoms with van der Waals surface area (Å²) in [5, 5.41) is 20.7. The first-order chi connectivity index (χ1) is 26.4. The Morgan fingerprint density at radius 2 is 1.33 bits per heavy atom. The van der Waals surface area contributed by atoms with Gasteiger partial charge in [0.05, 0.1) is 30.2 Å². The van der Waals surface area contributed by atoms with E-state index in [1.54, 1.807) is 30.6 Å². The number of rotatable bonds is 12. The van der Waals surface area contributed by atoms with E-state index in [-0.39, 0.29) is 23.9 Å². The quantitative estimate of drug-likeness (QED) is 0.0846. The molecule has 0 saturated carbocycles. The molecule has 0 radical (unpaired) electrons. The van der Waals surface area contributed by atoms with Gasteiger partial charge in [-0.3, -0.25) is 19.4 Å². The first-order valence-corrected chi connectivity index (χ1v) is 19.9. The zero-order valence-electron chi connectivity index (χ0n) is 31.0. The Kier molecular flexibility index (Phi) is 10.4. The summed E-state index contributed by atoms with van der Waals surface area (Å²) in [7, 11) is -3.50. The van der Waals surface area contributed by atoms with Crippen LogP contribution in [0.5, 0.6) is 0 Å². The molecule has 2 amide bonds. The van der Waals surface area contributed by atoms with E-state index in [1.165, 1.54) is 0 Å². The van der Waals surface area contributed by atoms with E-state index >= 15 is 0 Å². The average Bonchev–Trinajstić information content (AvgIpc) is 3.68. The van der Waals surface area contributed by atoms with Gasteiger partial charge in [0, 0.05) is 28.7 Å². The van der Waals surface area contributed by atoms with Gasteiger partial charge in [0.1, 0.15) is 0 Å². The van der Waals surface area contributed by atoms with Crippen molar-refractivity contribution in [3.63, 3.8) is 0 Å². The number of carbonyl (C=O) groups is 2. The Bertz CT molecular complexity index is 2650. The molecule has 278 valence electrons. The van der Waals surface area contributed by atoms with Crippen molar-refractivity contribution in [1.82, 2.24) is 20.8 Å². The minimum Gasteiger partial charge on any atom is -0.353 e. The lowest BCUT2D eigenvalue weighted by molar-refractivity contribution is 0.0929. The molecular formula is C44H42N6O4S. The molecular weight excluding hydrogens is 709 g/mol. The third-order valence-electron chi connectivity index (χ3n) is 9.79. The average molecular weight is 751 g/mol. The number of benzene rings is 6. The van der Waals surface area contributed by atoms with Crippen LogP contribution in [0.15, 0.2) is 128 Å². The van der Waals surface area contributed by atoms with Crippen LogP contribution < -0.4 is 20.7 Å². The molecule has 55 heavy (non-hydrogen) atoms. The molecule has 10 nitrogen and oxygen atoms in total. The van der Waals surface area contributed by atoms with Crippen molar-refractivity contribution in [3.8, 4) is 0 Å². The molecule has 0 saturated heterocycles. The van der Waals surface area contributed by atoms with Crippen LogP contribution in [-0.4, -0.2) is 36.7 Å². The predicted molar refractivity (Wildman–Crippen MR) is 220 cm³/mol. The number of sulfonamides is 1. The highest BCUT2D eigenvalue weighted by molar-refractivity contribution is 7.92. The van der Waals surface area contributed by atoms with E-state index in [4.69, 9.17) is 0 Å². The topological polar surface area (TPSA) is 145 Å². The normalized spacial score (nSPS) is 12.6. The van der Waals surface area contributed by atoms with Crippen molar-refractivity contribution >= 4 is 60.4 Å². The van der Waals surface area contributed by atoms with Crippen LogP contribution in [0.4, 0.5) is 17.1 Å². The number of H-pyrrole nitrogens is 1. The number of carbonyl (C=O) groups excluding carboxylic acids is 2. The van der Waals surface area contributed by atoms with Crippen molar-refractivity contribution < 1.29 is 18.0 Å². The summed E-state index contributed by atoms with van der Waals surface area (Å²) >= 11 is 0. The van der Waals surface area contributed by atoms with Crippen LogP contribution in [0.1, 0.15) is 67.5 Å². The van der Waals surface area contributed by atoms with E-state index in [9.17, 15) is 18.0 Å². The number of nitrogens with one attached hydrogen (secondary N) is 5. The third-order valence-corrected chi connectivity index (χ3v) is 10.4. The van der Waals surface area contributed by atoms with Crippen LogP contribution in [0.2, 0.25) is 0 Å². The summed E-state index contributed by atoms with van der Waals surface area (Å²) in [4.78, 5) is 27.6. The van der Waals surface area contributed by atoms with Gasteiger partial charge in [-0.25, -0.2) is 8.42 Å². The molecule has 0 unspecified atom stereocenters. The Morgan fingerprint density at radius 3 is 2.05 bits per heavy atom. The fourth-order valence-electron chi connectivity index (χ4n) is 7.05. The van der Waals surface area contributed by atoms with E-state index in [0.717, 1.165) is 67.0 Å². The molecule has 2 atom stereocenters. The number of nitrogens with zero attached hydrogens (tertiary/aromatic N) is 1. The number of aryl methyl sites for hydroxylation is 2. The van der Waals surface area contributed by atoms with Gasteiger partial charge in [-0.15, -0.1) is 0 Å². The van der Waals surface area contributed by atoms with E-state index in [1.807, 2.05) is 69.3 Å². The summed E-state index contributed by atoms with van der Waals surface area (Å²) in [6.07, 6.45) is 5.05. The van der Waals surface area contributed by atoms with Gasteiger partial charge in [-0.05, 0) is 101 Å². The number of anilines is 3. The molecule has 5 N–H and O–H groups in total. The van der Waals surface area contributed by atoms with Crippen molar-refractivity contribution in [3.05, 3.63) is 167 Å². The van der Waals surface area contributed by atoms with Crippen LogP contribution in [0.3, 0.4) is 0 Å². The Morgan fingerprint density at radius 1 is 0.691 bits per heavy atom. The number of aromatic amines is 1. The highest BCUT2D eigenvalue weighted by Crippen LogP contribution is 2.31.